The van der Waals surface area contributed by atoms with Crippen LogP contribution in [0.15, 0.2) is 24.3 Å². The first kappa shape index (κ1) is 12.2. The van der Waals surface area contributed by atoms with Crippen molar-refractivity contribution in [2.75, 3.05) is 33.4 Å². The van der Waals surface area contributed by atoms with Crippen molar-refractivity contribution in [1.82, 2.24) is 4.90 Å². The Labute approximate surface area is 102 Å². The SMILES string of the molecule is COc1ccc(OCCN2CC[C@H](O)C2)cc1. The van der Waals surface area contributed by atoms with Gasteiger partial charge in [-0.15, -0.1) is 0 Å². The molecule has 0 bridgehead atoms. The molecule has 1 aliphatic rings. The zero-order chi connectivity index (χ0) is 12.1. The smallest absolute Gasteiger partial charge is 0.119 e. The molecule has 0 spiro atoms. The van der Waals surface area contributed by atoms with E-state index in [9.17, 15) is 5.11 Å². The Balaban J connectivity index is 1.70. The number of nitrogens with zero attached hydrogens (tertiary/aromatic N) is 1. The topological polar surface area (TPSA) is 41.9 Å². The predicted molar refractivity (Wildman–Crippen MR) is 65.6 cm³/mol. The van der Waals surface area contributed by atoms with Gasteiger partial charge in [0.25, 0.3) is 0 Å². The van der Waals surface area contributed by atoms with Crippen LogP contribution < -0.4 is 9.47 Å². The molecule has 1 heterocycles. The van der Waals surface area contributed by atoms with Crippen LogP contribution in [0.1, 0.15) is 6.42 Å². The number of benzene rings is 1. The summed E-state index contributed by atoms with van der Waals surface area (Å²) in [6, 6.07) is 7.57. The van der Waals surface area contributed by atoms with Gasteiger partial charge >= 0.3 is 0 Å². The van der Waals surface area contributed by atoms with Crippen LogP contribution >= 0.6 is 0 Å². The minimum absolute atomic E-state index is 0.156. The largest absolute Gasteiger partial charge is 0.497 e. The maximum Gasteiger partial charge on any atom is 0.119 e. The molecule has 4 nitrogen and oxygen atoms in total. The molecule has 0 amide bonds. The number of rotatable bonds is 5. The Hall–Kier alpha value is -1.26. The molecule has 1 saturated heterocycles. The van der Waals surface area contributed by atoms with Gasteiger partial charge < -0.3 is 14.6 Å². The number of β-amino-alcohol motifs (C(OH)–C–C–N with tert-alkyl or cyclic N) is 1. The van der Waals surface area contributed by atoms with Gasteiger partial charge in [-0.3, -0.25) is 4.90 Å². The van der Waals surface area contributed by atoms with E-state index in [0.29, 0.717) is 6.61 Å². The monoisotopic (exact) mass is 237 g/mol. The average molecular weight is 237 g/mol. The van der Waals surface area contributed by atoms with E-state index in [1.54, 1.807) is 7.11 Å². The molecule has 0 unspecified atom stereocenters. The Morgan fingerprint density at radius 1 is 1.29 bits per heavy atom. The molecule has 1 atom stereocenters. The second-order valence-electron chi connectivity index (χ2n) is 4.27. The van der Waals surface area contributed by atoms with E-state index in [0.717, 1.165) is 37.6 Å². The number of methoxy groups -OCH3 is 1. The first-order chi connectivity index (χ1) is 8.28. The predicted octanol–water partition coefficient (Wildman–Crippen LogP) is 1.14. The number of aliphatic hydroxyl groups excluding tert-OH is 1. The summed E-state index contributed by atoms with van der Waals surface area (Å²) in [6.45, 7) is 3.25. The molecule has 0 aromatic heterocycles. The van der Waals surface area contributed by atoms with Crippen LogP contribution in [0.3, 0.4) is 0 Å². The van der Waals surface area contributed by atoms with E-state index < -0.39 is 0 Å². The highest BCUT2D eigenvalue weighted by atomic mass is 16.5. The molecule has 1 aromatic carbocycles. The molecule has 17 heavy (non-hydrogen) atoms. The fraction of sp³-hybridized carbons (Fsp3) is 0.538. The summed E-state index contributed by atoms with van der Waals surface area (Å²) in [5.41, 5.74) is 0. The Morgan fingerprint density at radius 3 is 2.59 bits per heavy atom. The van der Waals surface area contributed by atoms with Crippen LogP contribution in [0.2, 0.25) is 0 Å². The van der Waals surface area contributed by atoms with Crippen molar-refractivity contribution >= 4 is 0 Å². The first-order valence-electron chi connectivity index (χ1n) is 5.95. The number of aliphatic hydroxyl groups is 1. The minimum atomic E-state index is -0.156. The Morgan fingerprint density at radius 2 is 2.00 bits per heavy atom. The van der Waals surface area contributed by atoms with Gasteiger partial charge in [0.1, 0.15) is 18.1 Å². The van der Waals surface area contributed by atoms with E-state index in [1.807, 2.05) is 24.3 Å². The maximum atomic E-state index is 9.38. The second kappa shape index (κ2) is 5.89. The minimum Gasteiger partial charge on any atom is -0.497 e. The summed E-state index contributed by atoms with van der Waals surface area (Å²) >= 11 is 0. The van der Waals surface area contributed by atoms with Crippen molar-refractivity contribution in [1.29, 1.82) is 0 Å². The fourth-order valence-corrected chi connectivity index (χ4v) is 1.98. The van der Waals surface area contributed by atoms with Gasteiger partial charge in [0.15, 0.2) is 0 Å². The highest BCUT2D eigenvalue weighted by molar-refractivity contribution is 5.31. The van der Waals surface area contributed by atoms with Crippen molar-refractivity contribution in [3.05, 3.63) is 24.3 Å². The van der Waals surface area contributed by atoms with E-state index >= 15 is 0 Å². The zero-order valence-corrected chi connectivity index (χ0v) is 10.1. The third-order valence-corrected chi connectivity index (χ3v) is 2.98. The molecule has 1 aliphatic heterocycles. The molecule has 0 radical (unpaired) electrons. The zero-order valence-electron chi connectivity index (χ0n) is 10.1. The molecule has 1 N–H and O–H groups in total. The third kappa shape index (κ3) is 3.61. The highest BCUT2D eigenvalue weighted by Crippen LogP contribution is 2.17. The molecular weight excluding hydrogens is 218 g/mol. The summed E-state index contributed by atoms with van der Waals surface area (Å²) in [6.07, 6.45) is 0.721. The Kier molecular flexibility index (Phi) is 4.23. The van der Waals surface area contributed by atoms with Gasteiger partial charge in [0.05, 0.1) is 13.2 Å². The summed E-state index contributed by atoms with van der Waals surface area (Å²) in [5, 5.41) is 9.38. The van der Waals surface area contributed by atoms with Crippen LogP contribution in [-0.2, 0) is 0 Å². The van der Waals surface area contributed by atoms with Crippen LogP contribution in [0.25, 0.3) is 0 Å². The van der Waals surface area contributed by atoms with Gasteiger partial charge in [-0.2, -0.15) is 0 Å². The maximum absolute atomic E-state index is 9.38. The number of hydrogen-bond donors (Lipinski definition) is 1. The van der Waals surface area contributed by atoms with Crippen molar-refractivity contribution < 1.29 is 14.6 Å². The van der Waals surface area contributed by atoms with Crippen LogP contribution in [0, 0.1) is 0 Å². The fourth-order valence-electron chi connectivity index (χ4n) is 1.98. The molecule has 2 rings (SSSR count). The number of hydrogen-bond acceptors (Lipinski definition) is 4. The van der Waals surface area contributed by atoms with E-state index in [-0.39, 0.29) is 6.10 Å². The normalized spacial score (nSPS) is 20.5. The van der Waals surface area contributed by atoms with Crippen LogP contribution in [0.5, 0.6) is 11.5 Å². The first-order valence-corrected chi connectivity index (χ1v) is 5.95. The standard InChI is InChI=1S/C13H19NO3/c1-16-12-2-4-13(5-3-12)17-9-8-14-7-6-11(15)10-14/h2-5,11,15H,6-10H2,1H3/t11-/m0/s1. The summed E-state index contributed by atoms with van der Waals surface area (Å²) in [5.74, 6) is 1.69. The molecule has 0 aliphatic carbocycles. The molecule has 1 fully saturated rings. The Bertz CT molecular complexity index is 339. The number of likely N-dealkylation sites (tertiary alicyclic amines) is 1. The quantitative estimate of drug-likeness (QED) is 0.834. The van der Waals surface area contributed by atoms with Gasteiger partial charge in [0.2, 0.25) is 0 Å². The van der Waals surface area contributed by atoms with E-state index in [2.05, 4.69) is 4.90 Å². The lowest BCUT2D eigenvalue weighted by Gasteiger charge is -2.15. The molecule has 4 heteroatoms. The van der Waals surface area contributed by atoms with Gasteiger partial charge in [-0.1, -0.05) is 0 Å². The molecule has 1 aromatic rings. The van der Waals surface area contributed by atoms with E-state index in [4.69, 9.17) is 9.47 Å². The van der Waals surface area contributed by atoms with Gasteiger partial charge in [-0.25, -0.2) is 0 Å². The number of ether oxygens (including phenoxy) is 2. The summed E-state index contributed by atoms with van der Waals surface area (Å²) < 4.78 is 10.7. The van der Waals surface area contributed by atoms with Gasteiger partial charge in [0, 0.05) is 19.6 Å². The van der Waals surface area contributed by atoms with Crippen molar-refractivity contribution in [2.24, 2.45) is 0 Å². The summed E-state index contributed by atoms with van der Waals surface area (Å²) in [7, 11) is 1.65. The third-order valence-electron chi connectivity index (χ3n) is 2.98. The van der Waals surface area contributed by atoms with E-state index in [1.165, 1.54) is 0 Å². The lowest BCUT2D eigenvalue weighted by Crippen LogP contribution is -2.27. The summed E-state index contributed by atoms with van der Waals surface area (Å²) in [4.78, 5) is 2.22. The molecule has 94 valence electrons. The second-order valence-corrected chi connectivity index (χ2v) is 4.27. The van der Waals surface area contributed by atoms with Crippen molar-refractivity contribution in [3.63, 3.8) is 0 Å². The lowest BCUT2D eigenvalue weighted by atomic mass is 10.3. The van der Waals surface area contributed by atoms with Gasteiger partial charge in [-0.05, 0) is 30.7 Å². The molecule has 0 saturated carbocycles. The van der Waals surface area contributed by atoms with Crippen molar-refractivity contribution in [2.45, 2.75) is 12.5 Å². The highest BCUT2D eigenvalue weighted by Gasteiger charge is 2.19. The van der Waals surface area contributed by atoms with Crippen molar-refractivity contribution in [3.8, 4) is 11.5 Å². The van der Waals surface area contributed by atoms with Crippen LogP contribution in [-0.4, -0.2) is 49.5 Å². The lowest BCUT2D eigenvalue weighted by molar-refractivity contribution is 0.167. The van der Waals surface area contributed by atoms with Crippen LogP contribution in [0.4, 0.5) is 0 Å². The molecular formula is C13H19NO3. The average Bonchev–Trinajstić information content (AvgIpc) is 2.76.